The SMILES string of the molecule is CC1C=C2C(=CC1)N1c3cccc4c3B(c3cccc(c31)C21c2ccccc2Oc2ccccc21)c1cccc2c1N4c1ccccc1C21c2ccccc2OC2C=CC=CC21C. The van der Waals surface area contributed by atoms with Gasteiger partial charge in [-0.2, -0.15) is 0 Å². The molecule has 0 fully saturated rings. The molecule has 15 rings (SSSR count). The van der Waals surface area contributed by atoms with Crippen molar-refractivity contribution in [3.63, 3.8) is 0 Å². The summed E-state index contributed by atoms with van der Waals surface area (Å²) in [6.45, 7) is 4.77. The molecule has 0 saturated heterocycles. The third kappa shape index (κ3) is 3.78. The van der Waals surface area contributed by atoms with Crippen molar-refractivity contribution in [3.05, 3.63) is 233 Å². The maximum absolute atomic E-state index is 6.99. The topological polar surface area (TPSA) is 24.9 Å². The van der Waals surface area contributed by atoms with E-state index in [1.54, 1.807) is 0 Å². The van der Waals surface area contributed by atoms with Gasteiger partial charge in [0.05, 0.1) is 16.5 Å². The van der Waals surface area contributed by atoms with Crippen molar-refractivity contribution in [1.82, 2.24) is 0 Å². The van der Waals surface area contributed by atoms with Crippen molar-refractivity contribution in [1.29, 1.82) is 0 Å². The molecule has 5 heteroatoms. The molecule has 4 unspecified atom stereocenters. The molecule has 8 aliphatic rings. The largest absolute Gasteiger partial charge is 0.485 e. The zero-order chi connectivity index (χ0) is 41.4. The summed E-state index contributed by atoms with van der Waals surface area (Å²) in [6, 6.07) is 57.0. The zero-order valence-electron chi connectivity index (χ0n) is 35.0. The van der Waals surface area contributed by atoms with E-state index in [1.807, 2.05) is 0 Å². The standard InChI is InChI=1S/C58H41BN2O2/c1-35-31-32-46-42(34-35)57(37-17-4-8-27-49(37)62-50-28-9-5-18-38(50)57)40-20-13-22-43-54(40)61(46)48-26-15-25-47-53(48)59(43)44-23-14-21-41-55(44)60(47)45-24-7-3-16-36(45)58(41)39-19-6-10-29-51(39)63-52-30-11-12-33-56(52,58)2/h3-30,32-35,52H,31H2,1-2H3. The Balaban J connectivity index is 1.08. The van der Waals surface area contributed by atoms with E-state index in [9.17, 15) is 0 Å². The number of hydrogen-bond donors (Lipinski definition) is 0. The van der Waals surface area contributed by atoms with Crippen LogP contribution in [0.5, 0.6) is 17.2 Å². The van der Waals surface area contributed by atoms with Gasteiger partial charge >= 0.3 is 0 Å². The highest BCUT2D eigenvalue weighted by Crippen LogP contribution is 2.68. The van der Waals surface area contributed by atoms with Crippen LogP contribution in [0.2, 0.25) is 0 Å². The number of allylic oxidation sites excluding steroid dienone is 5. The van der Waals surface area contributed by atoms with Gasteiger partial charge in [-0.3, -0.25) is 0 Å². The van der Waals surface area contributed by atoms with Gasteiger partial charge in [0.2, 0.25) is 0 Å². The molecular formula is C58H41BN2O2. The zero-order valence-corrected chi connectivity index (χ0v) is 35.0. The van der Waals surface area contributed by atoms with E-state index in [0.29, 0.717) is 5.92 Å². The van der Waals surface area contributed by atoms with E-state index in [0.717, 1.165) is 23.7 Å². The molecule has 298 valence electrons. The summed E-state index contributed by atoms with van der Waals surface area (Å²) in [5.74, 6) is 3.17. The van der Waals surface area contributed by atoms with Gasteiger partial charge in [-0.05, 0) is 93.5 Å². The van der Waals surface area contributed by atoms with Crippen LogP contribution in [-0.4, -0.2) is 12.8 Å². The van der Waals surface area contributed by atoms with E-state index in [-0.39, 0.29) is 12.8 Å². The van der Waals surface area contributed by atoms with Crippen molar-refractivity contribution < 1.29 is 9.47 Å². The number of rotatable bonds is 0. The van der Waals surface area contributed by atoms with Gasteiger partial charge in [0.15, 0.2) is 0 Å². The lowest BCUT2D eigenvalue weighted by Crippen LogP contribution is -2.65. The fourth-order valence-corrected chi connectivity index (χ4v) is 13.8. The molecule has 7 aromatic rings. The quantitative estimate of drug-likeness (QED) is 0.143. The Morgan fingerprint density at radius 3 is 1.92 bits per heavy atom. The van der Waals surface area contributed by atoms with Gasteiger partial charge in [0, 0.05) is 50.6 Å². The fourth-order valence-electron chi connectivity index (χ4n) is 13.8. The van der Waals surface area contributed by atoms with Crippen molar-refractivity contribution in [3.8, 4) is 17.2 Å². The predicted molar refractivity (Wildman–Crippen MR) is 254 cm³/mol. The van der Waals surface area contributed by atoms with E-state index in [1.165, 1.54) is 89.5 Å². The van der Waals surface area contributed by atoms with Crippen LogP contribution in [0.4, 0.5) is 28.4 Å². The van der Waals surface area contributed by atoms with E-state index in [4.69, 9.17) is 9.47 Å². The molecule has 6 aliphatic heterocycles. The van der Waals surface area contributed by atoms with Crippen LogP contribution in [0.15, 0.2) is 199 Å². The molecule has 6 heterocycles. The van der Waals surface area contributed by atoms with Crippen LogP contribution in [0, 0.1) is 11.3 Å². The third-order valence-corrected chi connectivity index (χ3v) is 16.0. The average molecular weight is 809 g/mol. The normalized spacial score (nSPS) is 24.4. The van der Waals surface area contributed by atoms with Gasteiger partial charge < -0.3 is 19.3 Å². The molecule has 0 saturated carbocycles. The first kappa shape index (κ1) is 34.4. The predicted octanol–water partition coefficient (Wildman–Crippen LogP) is 11.3. The van der Waals surface area contributed by atoms with E-state index >= 15 is 0 Å². The van der Waals surface area contributed by atoms with Crippen molar-refractivity contribution in [2.45, 2.75) is 37.2 Å². The first-order chi connectivity index (χ1) is 31.0. The Morgan fingerprint density at radius 2 is 1.16 bits per heavy atom. The lowest BCUT2D eigenvalue weighted by atomic mass is 9.32. The van der Waals surface area contributed by atoms with Crippen LogP contribution in [0.1, 0.15) is 53.6 Å². The molecule has 0 N–H and O–H groups in total. The summed E-state index contributed by atoms with van der Waals surface area (Å²) in [5, 5.41) is 0. The molecular weight excluding hydrogens is 767 g/mol. The van der Waals surface area contributed by atoms with Gasteiger partial charge in [-0.15, -0.1) is 0 Å². The molecule has 0 amide bonds. The molecule has 4 atom stereocenters. The maximum Gasteiger partial charge on any atom is 0.252 e. The van der Waals surface area contributed by atoms with Gasteiger partial charge in [-0.25, -0.2) is 0 Å². The molecule has 2 aliphatic carbocycles. The third-order valence-electron chi connectivity index (χ3n) is 16.0. The molecule has 2 spiro atoms. The number of nitrogens with zero attached hydrogens (tertiary/aromatic N) is 2. The minimum absolute atomic E-state index is 0.0209. The Labute approximate surface area is 367 Å². The number of fused-ring (bicyclic) bond motifs is 20. The second-order valence-electron chi connectivity index (χ2n) is 18.9. The second kappa shape index (κ2) is 11.6. The summed E-state index contributed by atoms with van der Waals surface area (Å²) >= 11 is 0. The summed E-state index contributed by atoms with van der Waals surface area (Å²) in [6.07, 6.45) is 15.0. The molecule has 63 heavy (non-hydrogen) atoms. The molecule has 7 aromatic carbocycles. The lowest BCUT2D eigenvalue weighted by molar-refractivity contribution is 0.0645. The Bertz CT molecular complexity index is 3330. The smallest absolute Gasteiger partial charge is 0.252 e. The summed E-state index contributed by atoms with van der Waals surface area (Å²) in [5.41, 5.74) is 18.9. The monoisotopic (exact) mass is 808 g/mol. The Morgan fingerprint density at radius 1 is 0.571 bits per heavy atom. The minimum Gasteiger partial charge on any atom is -0.485 e. The summed E-state index contributed by atoms with van der Waals surface area (Å²) in [7, 11) is 0. The van der Waals surface area contributed by atoms with Crippen LogP contribution >= 0.6 is 0 Å². The molecule has 0 radical (unpaired) electrons. The van der Waals surface area contributed by atoms with Crippen LogP contribution in [0.3, 0.4) is 0 Å². The summed E-state index contributed by atoms with van der Waals surface area (Å²) < 4.78 is 13.8. The lowest BCUT2D eigenvalue weighted by Gasteiger charge is -2.60. The molecule has 0 bridgehead atoms. The van der Waals surface area contributed by atoms with Crippen molar-refractivity contribution >= 4 is 51.5 Å². The van der Waals surface area contributed by atoms with Crippen molar-refractivity contribution in [2.75, 3.05) is 9.80 Å². The van der Waals surface area contributed by atoms with E-state index in [2.05, 4.69) is 212 Å². The molecule has 0 aromatic heterocycles. The highest BCUT2D eigenvalue weighted by Gasteiger charge is 2.64. The van der Waals surface area contributed by atoms with Crippen LogP contribution < -0.4 is 35.7 Å². The maximum atomic E-state index is 6.99. The molecule has 4 nitrogen and oxygen atoms in total. The number of ether oxygens (including phenoxy) is 2. The Hall–Kier alpha value is -7.24. The Kier molecular flexibility index (Phi) is 6.33. The summed E-state index contributed by atoms with van der Waals surface area (Å²) in [4.78, 5) is 5.27. The number of hydrogen-bond acceptors (Lipinski definition) is 4. The number of benzene rings is 7. The highest BCUT2D eigenvalue weighted by molar-refractivity contribution is 7.00. The van der Waals surface area contributed by atoms with Gasteiger partial charge in [0.25, 0.3) is 6.71 Å². The van der Waals surface area contributed by atoms with Crippen molar-refractivity contribution in [2.24, 2.45) is 11.3 Å². The van der Waals surface area contributed by atoms with Gasteiger partial charge in [0.1, 0.15) is 23.4 Å². The van der Waals surface area contributed by atoms with E-state index < -0.39 is 16.2 Å². The average Bonchev–Trinajstić information content (AvgIpc) is 3.32. The minimum atomic E-state index is -0.584. The van der Waals surface area contributed by atoms with Crippen LogP contribution in [0.25, 0.3) is 0 Å². The first-order valence-corrected chi connectivity index (χ1v) is 22.6. The van der Waals surface area contributed by atoms with Crippen LogP contribution in [-0.2, 0) is 10.8 Å². The number of anilines is 5. The first-order valence-electron chi connectivity index (χ1n) is 22.6. The highest BCUT2D eigenvalue weighted by atomic mass is 16.5. The van der Waals surface area contributed by atoms with Gasteiger partial charge in [-0.1, -0.05) is 159 Å². The second-order valence-corrected chi connectivity index (χ2v) is 18.9. The fraction of sp³-hybridized carbons (Fsp3) is 0.138. The number of para-hydroxylation sites is 6.